The summed E-state index contributed by atoms with van der Waals surface area (Å²) in [6.45, 7) is 0. The van der Waals surface area contributed by atoms with E-state index < -0.39 is 0 Å². The van der Waals surface area contributed by atoms with E-state index in [1.807, 2.05) is 35.7 Å². The first kappa shape index (κ1) is 27.8. The van der Waals surface area contributed by atoms with Crippen molar-refractivity contribution in [3.8, 4) is 34.3 Å². The van der Waals surface area contributed by atoms with Gasteiger partial charge in [0.05, 0.1) is 39.9 Å². The summed E-state index contributed by atoms with van der Waals surface area (Å²) in [5.41, 5.74) is 2.67. The van der Waals surface area contributed by atoms with E-state index in [0.29, 0.717) is 39.4 Å². The van der Waals surface area contributed by atoms with Crippen molar-refractivity contribution in [2.75, 3.05) is 44.8 Å². The lowest BCUT2D eigenvalue weighted by Gasteiger charge is -2.10. The fourth-order valence-corrected chi connectivity index (χ4v) is 5.01. The van der Waals surface area contributed by atoms with Crippen molar-refractivity contribution >= 4 is 45.7 Å². The molecule has 39 heavy (non-hydrogen) atoms. The summed E-state index contributed by atoms with van der Waals surface area (Å²) in [5, 5.41) is 8.08. The molecule has 0 fully saturated rings. The molecule has 0 saturated heterocycles. The average molecular weight is 566 g/mol. The largest absolute Gasteiger partial charge is 0.493 e. The minimum Gasteiger partial charge on any atom is -0.493 e. The van der Waals surface area contributed by atoms with Gasteiger partial charge in [0.1, 0.15) is 0 Å². The molecule has 2 amide bonds. The van der Waals surface area contributed by atoms with Crippen LogP contribution in [0, 0.1) is 0 Å². The van der Waals surface area contributed by atoms with E-state index in [1.54, 1.807) is 44.6 Å². The maximum atomic E-state index is 12.6. The van der Waals surface area contributed by atoms with Gasteiger partial charge in [0.2, 0.25) is 5.91 Å². The van der Waals surface area contributed by atoms with E-state index in [0.717, 1.165) is 16.2 Å². The van der Waals surface area contributed by atoms with E-state index >= 15 is 0 Å². The van der Waals surface area contributed by atoms with Crippen LogP contribution in [0.1, 0.15) is 10.4 Å². The fraction of sp³-hybridized carbons (Fsp3) is 0.179. The number of carbonyl (C=O) groups is 2. The average Bonchev–Trinajstić information content (AvgIpc) is 3.44. The molecule has 4 aromatic rings. The molecule has 0 atom stereocenters. The molecule has 0 bridgehead atoms. The Morgan fingerprint density at radius 1 is 0.795 bits per heavy atom. The summed E-state index contributed by atoms with van der Waals surface area (Å²) in [6.07, 6.45) is 0. The SMILES string of the molecule is COc1ccc(C(=O)Nc2ccc(SCC(=O)Nc3nc(-c4ccc(OC)c(OC)c4)cs3)cc2)cc1OC. The number of thioether (sulfide) groups is 1. The van der Waals surface area contributed by atoms with Crippen molar-refractivity contribution in [2.45, 2.75) is 4.90 Å². The van der Waals surface area contributed by atoms with Crippen molar-refractivity contribution < 1.29 is 28.5 Å². The zero-order chi connectivity index (χ0) is 27.8. The lowest BCUT2D eigenvalue weighted by Crippen LogP contribution is -2.13. The van der Waals surface area contributed by atoms with Gasteiger partial charge < -0.3 is 29.6 Å². The number of anilines is 2. The Morgan fingerprint density at radius 2 is 1.44 bits per heavy atom. The van der Waals surface area contributed by atoms with Gasteiger partial charge in [-0.15, -0.1) is 23.1 Å². The highest BCUT2D eigenvalue weighted by atomic mass is 32.2. The third-order valence-corrected chi connectivity index (χ3v) is 7.33. The van der Waals surface area contributed by atoms with Crippen molar-refractivity contribution in [1.82, 2.24) is 4.98 Å². The van der Waals surface area contributed by atoms with Gasteiger partial charge in [0, 0.05) is 27.1 Å². The summed E-state index contributed by atoms with van der Waals surface area (Å²) < 4.78 is 21.1. The van der Waals surface area contributed by atoms with E-state index in [-0.39, 0.29) is 17.6 Å². The molecule has 0 aliphatic rings. The van der Waals surface area contributed by atoms with Crippen LogP contribution in [-0.4, -0.2) is 51.0 Å². The number of carbonyl (C=O) groups excluding carboxylic acids is 2. The molecule has 0 aliphatic carbocycles. The molecule has 0 saturated carbocycles. The van der Waals surface area contributed by atoms with Crippen molar-refractivity contribution in [1.29, 1.82) is 0 Å². The molecule has 11 heteroatoms. The Labute approximate surface area is 234 Å². The van der Waals surface area contributed by atoms with E-state index in [2.05, 4.69) is 15.6 Å². The Kier molecular flexibility index (Phi) is 9.29. The molecular weight excluding hydrogens is 538 g/mol. The van der Waals surface area contributed by atoms with Crippen LogP contribution in [0.2, 0.25) is 0 Å². The van der Waals surface area contributed by atoms with Crippen LogP contribution in [0.4, 0.5) is 10.8 Å². The topological polar surface area (TPSA) is 108 Å². The van der Waals surface area contributed by atoms with Crippen molar-refractivity contribution in [3.05, 3.63) is 71.6 Å². The van der Waals surface area contributed by atoms with Crippen LogP contribution < -0.4 is 29.6 Å². The molecule has 0 unspecified atom stereocenters. The molecular formula is C28H27N3O6S2. The highest BCUT2D eigenvalue weighted by molar-refractivity contribution is 8.00. The van der Waals surface area contributed by atoms with Gasteiger partial charge >= 0.3 is 0 Å². The van der Waals surface area contributed by atoms with Gasteiger partial charge in [-0.05, 0) is 60.7 Å². The number of amides is 2. The normalized spacial score (nSPS) is 10.5. The lowest BCUT2D eigenvalue weighted by molar-refractivity contribution is -0.113. The molecule has 1 aromatic heterocycles. The minimum atomic E-state index is -0.272. The number of nitrogens with zero attached hydrogens (tertiary/aromatic N) is 1. The van der Waals surface area contributed by atoms with E-state index in [9.17, 15) is 9.59 Å². The zero-order valence-corrected chi connectivity index (χ0v) is 23.4. The summed E-state index contributed by atoms with van der Waals surface area (Å²) in [5.74, 6) is 2.04. The summed E-state index contributed by atoms with van der Waals surface area (Å²) >= 11 is 2.73. The van der Waals surface area contributed by atoms with Gasteiger partial charge in [0.25, 0.3) is 5.91 Å². The maximum absolute atomic E-state index is 12.6. The van der Waals surface area contributed by atoms with Gasteiger partial charge in [-0.2, -0.15) is 0 Å². The molecule has 202 valence electrons. The number of methoxy groups -OCH3 is 4. The molecule has 2 N–H and O–H groups in total. The summed E-state index contributed by atoms with van der Waals surface area (Å²) in [7, 11) is 6.22. The van der Waals surface area contributed by atoms with Crippen molar-refractivity contribution in [2.24, 2.45) is 0 Å². The number of rotatable bonds is 11. The molecule has 9 nitrogen and oxygen atoms in total. The molecule has 4 rings (SSSR count). The number of hydrogen-bond donors (Lipinski definition) is 2. The Morgan fingerprint density at radius 3 is 2.10 bits per heavy atom. The van der Waals surface area contributed by atoms with Gasteiger partial charge in [0.15, 0.2) is 28.1 Å². The summed E-state index contributed by atoms with van der Waals surface area (Å²) in [4.78, 5) is 30.5. The Bertz CT molecular complexity index is 1460. The van der Waals surface area contributed by atoms with Crippen LogP contribution in [0.5, 0.6) is 23.0 Å². The highest BCUT2D eigenvalue weighted by Crippen LogP contribution is 2.33. The fourth-order valence-electron chi connectivity index (χ4n) is 3.58. The van der Waals surface area contributed by atoms with Gasteiger partial charge in [-0.1, -0.05) is 0 Å². The molecule has 1 heterocycles. The summed E-state index contributed by atoms with van der Waals surface area (Å²) in [6, 6.07) is 17.8. The number of aromatic nitrogens is 1. The Hall–Kier alpha value is -4.22. The molecule has 0 spiro atoms. The number of nitrogens with one attached hydrogen (secondary N) is 2. The predicted molar refractivity (Wildman–Crippen MR) is 154 cm³/mol. The third kappa shape index (κ3) is 7.01. The second-order valence-corrected chi connectivity index (χ2v) is 9.90. The molecule has 3 aromatic carbocycles. The first-order chi connectivity index (χ1) is 18.9. The third-order valence-electron chi connectivity index (χ3n) is 5.56. The van der Waals surface area contributed by atoms with Gasteiger partial charge in [-0.25, -0.2) is 4.98 Å². The van der Waals surface area contributed by atoms with Crippen LogP contribution in [0.15, 0.2) is 70.9 Å². The van der Waals surface area contributed by atoms with Crippen LogP contribution in [0.25, 0.3) is 11.3 Å². The lowest BCUT2D eigenvalue weighted by atomic mass is 10.1. The molecule has 0 aliphatic heterocycles. The van der Waals surface area contributed by atoms with E-state index in [1.165, 1.54) is 37.3 Å². The first-order valence-electron chi connectivity index (χ1n) is 11.7. The van der Waals surface area contributed by atoms with Crippen LogP contribution >= 0.6 is 23.1 Å². The standard InChI is InChI=1S/C28H27N3O6S2/c1-34-22-11-5-17(13-24(22)36-3)21-15-39-28(30-21)31-26(32)16-38-20-9-7-19(8-10-20)29-27(33)18-6-12-23(35-2)25(14-18)37-4/h5-15H,16H2,1-4H3,(H,29,33)(H,30,31,32). The quantitative estimate of drug-likeness (QED) is 0.219. The minimum absolute atomic E-state index is 0.168. The molecule has 0 radical (unpaired) electrons. The Balaban J connectivity index is 1.29. The predicted octanol–water partition coefficient (Wildman–Crippen LogP) is 5.83. The number of hydrogen-bond acceptors (Lipinski definition) is 9. The monoisotopic (exact) mass is 565 g/mol. The number of thiazole rings is 1. The van der Waals surface area contributed by atoms with Gasteiger partial charge in [-0.3, -0.25) is 9.59 Å². The number of benzene rings is 3. The maximum Gasteiger partial charge on any atom is 0.255 e. The zero-order valence-electron chi connectivity index (χ0n) is 21.8. The highest BCUT2D eigenvalue weighted by Gasteiger charge is 2.13. The van der Waals surface area contributed by atoms with Crippen molar-refractivity contribution in [3.63, 3.8) is 0 Å². The van der Waals surface area contributed by atoms with Crippen LogP contribution in [-0.2, 0) is 4.79 Å². The number of ether oxygens (including phenoxy) is 4. The van der Waals surface area contributed by atoms with E-state index in [4.69, 9.17) is 18.9 Å². The second-order valence-electron chi connectivity index (χ2n) is 7.99. The smallest absolute Gasteiger partial charge is 0.255 e. The van der Waals surface area contributed by atoms with Crippen LogP contribution in [0.3, 0.4) is 0 Å². The second kappa shape index (κ2) is 13.0. The first-order valence-corrected chi connectivity index (χ1v) is 13.5.